The molecule has 36 heavy (non-hydrogen) atoms. The molecule has 2 heterocycles. The predicted molar refractivity (Wildman–Crippen MR) is 134 cm³/mol. The average molecular weight is 536 g/mol. The minimum Gasteiger partial charge on any atom is -0.465 e. The second kappa shape index (κ2) is 9.00. The lowest BCUT2D eigenvalue weighted by molar-refractivity contribution is 0.0600. The van der Waals surface area contributed by atoms with Gasteiger partial charge in [0.2, 0.25) is 0 Å². The Labute approximate surface area is 210 Å². The summed E-state index contributed by atoms with van der Waals surface area (Å²) >= 11 is 0. The zero-order valence-electron chi connectivity index (χ0n) is 20.7. The number of guanidine groups is 1. The summed E-state index contributed by atoms with van der Waals surface area (Å²) in [5.41, 5.74) is 12.2. The molecular weight excluding hydrogens is 506 g/mol. The minimum absolute atomic E-state index is 0.161. The Bertz CT molecular complexity index is 1500. The van der Waals surface area contributed by atoms with E-state index in [1.165, 1.54) is 25.3 Å². The highest BCUT2D eigenvalue weighted by Gasteiger charge is 2.45. The molecule has 0 saturated carbocycles. The number of esters is 1. The van der Waals surface area contributed by atoms with E-state index in [1.54, 1.807) is 45.9 Å². The summed E-state index contributed by atoms with van der Waals surface area (Å²) in [6.07, 6.45) is 0.910. The number of hydrogen-bond donors (Lipinski definition) is 2. The van der Waals surface area contributed by atoms with E-state index in [2.05, 4.69) is 9.73 Å². The van der Waals surface area contributed by atoms with Crippen molar-refractivity contribution in [2.45, 2.75) is 59.8 Å². The van der Waals surface area contributed by atoms with E-state index in [9.17, 15) is 26.4 Å². The molecule has 2 aliphatic rings. The highest BCUT2D eigenvalue weighted by atomic mass is 32.2. The number of sulfone groups is 2. The van der Waals surface area contributed by atoms with Crippen molar-refractivity contribution >= 4 is 37.5 Å². The predicted octanol–water partition coefficient (Wildman–Crippen LogP) is 1.79. The van der Waals surface area contributed by atoms with Crippen molar-refractivity contribution in [2.75, 3.05) is 7.11 Å². The van der Waals surface area contributed by atoms with Crippen LogP contribution in [-0.2, 0) is 37.3 Å². The summed E-state index contributed by atoms with van der Waals surface area (Å²) < 4.78 is 52.0. The van der Waals surface area contributed by atoms with Crippen molar-refractivity contribution in [3.05, 3.63) is 58.7 Å². The van der Waals surface area contributed by atoms with E-state index in [1.807, 2.05) is 0 Å². The molecule has 2 aromatic rings. The van der Waals surface area contributed by atoms with Crippen LogP contribution >= 0.6 is 0 Å². The van der Waals surface area contributed by atoms with Crippen LogP contribution in [0.1, 0.15) is 59.5 Å². The number of methoxy groups -OCH3 is 1. The average Bonchev–Trinajstić information content (AvgIpc) is 3.07. The number of ether oxygens (including phenoxy) is 1. The van der Waals surface area contributed by atoms with Crippen molar-refractivity contribution in [3.8, 4) is 0 Å². The molecule has 0 bridgehead atoms. The molecule has 4 N–H and O–H groups in total. The molecule has 2 aliphatic heterocycles. The molecule has 0 aromatic heterocycles. The molecule has 194 valence electrons. The molecule has 0 radical (unpaired) electrons. The maximum absolute atomic E-state index is 12.3. The molecule has 2 aromatic carbocycles. The fraction of sp³-hybridized carbons (Fsp3) is 0.375. The molecule has 4 rings (SSSR count). The summed E-state index contributed by atoms with van der Waals surface area (Å²) in [5, 5.41) is 0. The zero-order chi connectivity index (χ0) is 27.3. The van der Waals surface area contributed by atoms with Crippen molar-refractivity contribution in [1.29, 1.82) is 0 Å². The topological polar surface area (TPSA) is 176 Å². The number of fused-ring (bicyclic) bond motifs is 2. The van der Waals surface area contributed by atoms with Crippen LogP contribution in [0.2, 0.25) is 0 Å². The number of hydrogen-bond acceptors (Lipinski definition) is 7. The second-order valence-electron chi connectivity index (χ2n) is 9.86. The van der Waals surface area contributed by atoms with Crippen LogP contribution in [0, 0.1) is 0 Å². The van der Waals surface area contributed by atoms with Gasteiger partial charge in [-0.2, -0.15) is 4.99 Å². The highest BCUT2D eigenvalue weighted by Crippen LogP contribution is 2.40. The number of rotatable bonds is 2. The molecule has 10 nitrogen and oxygen atoms in total. The molecule has 0 saturated heterocycles. The summed E-state index contributed by atoms with van der Waals surface area (Å²) in [4.78, 5) is 26.9. The summed E-state index contributed by atoms with van der Waals surface area (Å²) in [7, 11) is -5.52. The third-order valence-electron chi connectivity index (χ3n) is 6.30. The quantitative estimate of drug-likeness (QED) is 0.330. The van der Waals surface area contributed by atoms with Gasteiger partial charge in [-0.1, -0.05) is 12.1 Å². The number of nitrogens with zero attached hydrogens (tertiary/aromatic N) is 1. The number of nitrogens with two attached hydrogens (primary N) is 2. The number of amides is 1. The highest BCUT2D eigenvalue weighted by molar-refractivity contribution is 7.93. The lowest BCUT2D eigenvalue weighted by Crippen LogP contribution is -2.27. The van der Waals surface area contributed by atoms with Crippen molar-refractivity contribution in [2.24, 2.45) is 16.5 Å². The zero-order valence-corrected chi connectivity index (χ0v) is 22.3. The lowest BCUT2D eigenvalue weighted by Gasteiger charge is -2.15. The molecule has 0 fully saturated rings. The first-order chi connectivity index (χ1) is 16.4. The van der Waals surface area contributed by atoms with Crippen molar-refractivity contribution < 1.29 is 31.2 Å². The Balaban J connectivity index is 0.000000202. The third kappa shape index (κ3) is 4.62. The Morgan fingerprint density at radius 3 is 1.64 bits per heavy atom. The summed E-state index contributed by atoms with van der Waals surface area (Å²) in [6, 6.07) is 9.20. The fourth-order valence-corrected chi connectivity index (χ4v) is 7.58. The normalized spacial score (nSPS) is 19.1. The van der Waals surface area contributed by atoms with Gasteiger partial charge in [0.25, 0.3) is 5.91 Å². The van der Waals surface area contributed by atoms with Gasteiger partial charge in [0.05, 0.1) is 32.0 Å². The van der Waals surface area contributed by atoms with Crippen LogP contribution in [-0.4, -0.2) is 51.3 Å². The minimum atomic E-state index is -3.43. The van der Waals surface area contributed by atoms with Gasteiger partial charge >= 0.3 is 5.97 Å². The smallest absolute Gasteiger partial charge is 0.337 e. The van der Waals surface area contributed by atoms with Crippen LogP contribution in [0.15, 0.2) is 51.2 Å². The van der Waals surface area contributed by atoms with E-state index in [0.717, 1.165) is 5.56 Å². The first-order valence-corrected chi connectivity index (χ1v) is 13.9. The van der Waals surface area contributed by atoms with Gasteiger partial charge in [0.15, 0.2) is 25.6 Å². The van der Waals surface area contributed by atoms with E-state index < -0.39 is 41.0 Å². The number of carbonyl (C=O) groups is 2. The lowest BCUT2D eigenvalue weighted by atomic mass is 10.0. The van der Waals surface area contributed by atoms with Crippen LogP contribution < -0.4 is 11.5 Å². The number of carbonyl (C=O) groups excluding carboxylic acids is 2. The number of aliphatic imine (C=N–C) groups is 1. The van der Waals surface area contributed by atoms with Crippen molar-refractivity contribution in [1.82, 2.24) is 0 Å². The van der Waals surface area contributed by atoms with Gasteiger partial charge in [-0.15, -0.1) is 0 Å². The molecule has 0 unspecified atom stereocenters. The first kappa shape index (κ1) is 27.3. The summed E-state index contributed by atoms with van der Waals surface area (Å²) in [5.74, 6) is -1.52. The van der Waals surface area contributed by atoms with E-state index in [-0.39, 0.29) is 26.9 Å². The van der Waals surface area contributed by atoms with Gasteiger partial charge in [0, 0.05) is 5.56 Å². The SMILES string of the molecule is CC1(C)Cc2ccc(C(=O)N=C(N)N)cc2S1(=O)=O.COC(=O)c1ccc2c(c1)S(=O)(=O)C(C)(C)C2. The molecule has 0 aliphatic carbocycles. The Hall–Kier alpha value is -3.25. The van der Waals surface area contributed by atoms with Gasteiger partial charge in [0.1, 0.15) is 0 Å². The van der Waals surface area contributed by atoms with Gasteiger partial charge in [-0.3, -0.25) is 4.79 Å². The van der Waals surface area contributed by atoms with E-state index in [4.69, 9.17) is 11.5 Å². The monoisotopic (exact) mass is 535 g/mol. The van der Waals surface area contributed by atoms with Crippen LogP contribution in [0.5, 0.6) is 0 Å². The fourth-order valence-electron chi connectivity index (χ4n) is 4.16. The maximum Gasteiger partial charge on any atom is 0.337 e. The number of benzene rings is 2. The van der Waals surface area contributed by atoms with Gasteiger partial charge in [-0.05, 0) is 75.9 Å². The third-order valence-corrected chi connectivity index (χ3v) is 11.4. The molecule has 1 amide bonds. The van der Waals surface area contributed by atoms with Gasteiger partial charge < -0.3 is 16.2 Å². The molecule has 0 atom stereocenters. The molecule has 0 spiro atoms. The van der Waals surface area contributed by atoms with Crippen LogP contribution in [0.25, 0.3) is 0 Å². The van der Waals surface area contributed by atoms with E-state index >= 15 is 0 Å². The van der Waals surface area contributed by atoms with Gasteiger partial charge in [-0.25, -0.2) is 21.6 Å². The van der Waals surface area contributed by atoms with Crippen molar-refractivity contribution in [3.63, 3.8) is 0 Å². The largest absolute Gasteiger partial charge is 0.465 e. The van der Waals surface area contributed by atoms with Crippen LogP contribution in [0.3, 0.4) is 0 Å². The Kier molecular flexibility index (Phi) is 6.84. The second-order valence-corrected chi connectivity index (χ2v) is 15.0. The summed E-state index contributed by atoms with van der Waals surface area (Å²) in [6.45, 7) is 6.72. The molecule has 12 heteroatoms. The van der Waals surface area contributed by atoms with Crippen LogP contribution in [0.4, 0.5) is 0 Å². The van der Waals surface area contributed by atoms with E-state index in [0.29, 0.717) is 18.4 Å². The Morgan fingerprint density at radius 2 is 1.22 bits per heavy atom. The molecular formula is C24H29N3O7S2. The Morgan fingerprint density at radius 1 is 0.806 bits per heavy atom. The standard InChI is InChI=1S/C12H15N3O3S.C12H14O4S/c1-12(2)6-8-4-3-7(10(16)15-11(13)14)5-9(8)19(12,17)18;1-12(2)7-9-5-4-8(11(13)16-3)6-10(9)17(12,14)15/h3-5H,6H2,1-2H3,(H4,13,14,15,16);4-6H,7H2,1-3H3. The first-order valence-electron chi connectivity index (χ1n) is 10.9. The maximum atomic E-state index is 12.3.